The minimum Gasteiger partial charge on any atom is -0.314 e. The van der Waals surface area contributed by atoms with Crippen molar-refractivity contribution in [1.82, 2.24) is 5.32 Å². The van der Waals surface area contributed by atoms with Gasteiger partial charge in [0.1, 0.15) is 0 Å². The molecule has 0 saturated carbocycles. The van der Waals surface area contributed by atoms with Crippen LogP contribution in [0.2, 0.25) is 0 Å². The summed E-state index contributed by atoms with van der Waals surface area (Å²) < 4.78 is 0. The molecule has 1 aromatic carbocycles. The number of aryl methyl sites for hydroxylation is 1. The maximum Gasteiger partial charge on any atom is 0.0148 e. The van der Waals surface area contributed by atoms with Crippen LogP contribution in [-0.2, 0) is 12.8 Å². The Morgan fingerprint density at radius 3 is 2.67 bits per heavy atom. The number of hydrogen-bond acceptors (Lipinski definition) is 2. The van der Waals surface area contributed by atoms with Crippen molar-refractivity contribution < 1.29 is 0 Å². The van der Waals surface area contributed by atoms with E-state index < -0.39 is 0 Å². The molecule has 18 heavy (non-hydrogen) atoms. The van der Waals surface area contributed by atoms with Crippen molar-refractivity contribution in [3.8, 4) is 0 Å². The fraction of sp³-hybridized carbons (Fsp3) is 0.375. The third-order valence-corrected chi connectivity index (χ3v) is 4.01. The van der Waals surface area contributed by atoms with Crippen LogP contribution in [0.25, 0.3) is 0 Å². The number of nitrogens with one attached hydrogen (secondary N) is 1. The van der Waals surface area contributed by atoms with E-state index in [-0.39, 0.29) is 0 Å². The van der Waals surface area contributed by atoms with Gasteiger partial charge in [-0.05, 0) is 59.8 Å². The summed E-state index contributed by atoms with van der Waals surface area (Å²) in [7, 11) is 0. The predicted molar refractivity (Wildman–Crippen MR) is 80.4 cm³/mol. The molecule has 0 bridgehead atoms. The largest absolute Gasteiger partial charge is 0.314 e. The standard InChI is InChI=1S/C16H21NS/c1-3-17-16(10-14-8-9-18-12-14)11-15-7-5-4-6-13(15)2/h4-9,12,16-17H,3,10-11H2,1-2H3. The van der Waals surface area contributed by atoms with Crippen LogP contribution in [-0.4, -0.2) is 12.6 Å². The minimum atomic E-state index is 0.533. The maximum atomic E-state index is 3.60. The second-order valence-corrected chi connectivity index (χ2v) is 5.50. The quantitative estimate of drug-likeness (QED) is 0.831. The predicted octanol–water partition coefficient (Wildman–Crippen LogP) is 3.82. The summed E-state index contributed by atoms with van der Waals surface area (Å²) in [6.45, 7) is 5.40. The third-order valence-electron chi connectivity index (χ3n) is 3.28. The molecule has 0 saturated heterocycles. The Balaban J connectivity index is 2.04. The lowest BCUT2D eigenvalue weighted by Gasteiger charge is -2.18. The third kappa shape index (κ3) is 3.69. The van der Waals surface area contributed by atoms with Gasteiger partial charge in [0.15, 0.2) is 0 Å². The van der Waals surface area contributed by atoms with Gasteiger partial charge in [-0.15, -0.1) is 0 Å². The van der Waals surface area contributed by atoms with E-state index >= 15 is 0 Å². The molecule has 1 unspecified atom stereocenters. The molecule has 0 spiro atoms. The summed E-state index contributed by atoms with van der Waals surface area (Å²) in [4.78, 5) is 0. The minimum absolute atomic E-state index is 0.533. The summed E-state index contributed by atoms with van der Waals surface area (Å²) in [6.07, 6.45) is 2.22. The average molecular weight is 259 g/mol. The Kier molecular flexibility index (Phi) is 4.97. The second-order valence-electron chi connectivity index (χ2n) is 4.72. The van der Waals surface area contributed by atoms with Gasteiger partial charge in [0.2, 0.25) is 0 Å². The summed E-state index contributed by atoms with van der Waals surface area (Å²) in [6, 6.07) is 11.4. The SMILES string of the molecule is CCNC(Cc1ccsc1)Cc1ccccc1C. The molecule has 0 aliphatic rings. The van der Waals surface area contributed by atoms with Crippen LogP contribution in [0.15, 0.2) is 41.1 Å². The van der Waals surface area contributed by atoms with Gasteiger partial charge in [0.05, 0.1) is 0 Å². The Morgan fingerprint density at radius 2 is 2.00 bits per heavy atom. The topological polar surface area (TPSA) is 12.0 Å². The van der Waals surface area contributed by atoms with Gasteiger partial charge in [-0.1, -0.05) is 31.2 Å². The van der Waals surface area contributed by atoms with E-state index in [0.29, 0.717) is 6.04 Å². The molecule has 0 amide bonds. The lowest BCUT2D eigenvalue weighted by molar-refractivity contribution is 0.521. The molecule has 1 atom stereocenters. The highest BCUT2D eigenvalue weighted by Gasteiger charge is 2.10. The van der Waals surface area contributed by atoms with Crippen LogP contribution >= 0.6 is 11.3 Å². The first-order chi connectivity index (χ1) is 8.79. The van der Waals surface area contributed by atoms with Gasteiger partial charge in [-0.3, -0.25) is 0 Å². The van der Waals surface area contributed by atoms with Crippen LogP contribution in [0.4, 0.5) is 0 Å². The van der Waals surface area contributed by atoms with E-state index in [4.69, 9.17) is 0 Å². The summed E-state index contributed by atoms with van der Waals surface area (Å²) in [5.41, 5.74) is 4.30. The summed E-state index contributed by atoms with van der Waals surface area (Å²) >= 11 is 1.78. The molecular weight excluding hydrogens is 238 g/mol. The molecule has 2 heteroatoms. The monoisotopic (exact) mass is 259 g/mol. The molecule has 1 nitrogen and oxygen atoms in total. The van der Waals surface area contributed by atoms with E-state index in [1.807, 2.05) is 0 Å². The van der Waals surface area contributed by atoms with Crippen LogP contribution < -0.4 is 5.32 Å². The molecule has 0 radical (unpaired) electrons. The number of benzene rings is 1. The zero-order valence-electron chi connectivity index (χ0n) is 11.1. The molecule has 0 aliphatic heterocycles. The van der Waals surface area contributed by atoms with Crippen LogP contribution in [0.3, 0.4) is 0 Å². The maximum absolute atomic E-state index is 3.60. The molecule has 2 aromatic rings. The lowest BCUT2D eigenvalue weighted by atomic mass is 9.97. The Labute approximate surface area is 114 Å². The first kappa shape index (κ1) is 13.3. The van der Waals surface area contributed by atoms with E-state index in [0.717, 1.165) is 19.4 Å². The van der Waals surface area contributed by atoms with Crippen molar-refractivity contribution >= 4 is 11.3 Å². The molecule has 0 aliphatic carbocycles. The average Bonchev–Trinajstić information content (AvgIpc) is 2.85. The van der Waals surface area contributed by atoms with Gasteiger partial charge in [0, 0.05) is 6.04 Å². The Morgan fingerprint density at radius 1 is 1.17 bits per heavy atom. The van der Waals surface area contributed by atoms with Crippen molar-refractivity contribution in [2.24, 2.45) is 0 Å². The first-order valence-corrected chi connectivity index (χ1v) is 7.53. The van der Waals surface area contributed by atoms with Gasteiger partial charge in [-0.25, -0.2) is 0 Å². The van der Waals surface area contributed by atoms with Crippen molar-refractivity contribution in [1.29, 1.82) is 0 Å². The van der Waals surface area contributed by atoms with Gasteiger partial charge in [0.25, 0.3) is 0 Å². The molecule has 1 aromatic heterocycles. The highest BCUT2D eigenvalue weighted by atomic mass is 32.1. The number of rotatable bonds is 6. The molecule has 96 valence electrons. The van der Waals surface area contributed by atoms with Crippen molar-refractivity contribution in [2.45, 2.75) is 32.7 Å². The Hall–Kier alpha value is -1.12. The molecule has 1 N–H and O–H groups in total. The summed E-state index contributed by atoms with van der Waals surface area (Å²) in [5, 5.41) is 8.01. The number of hydrogen-bond donors (Lipinski definition) is 1. The van der Waals surface area contributed by atoms with Crippen molar-refractivity contribution in [2.75, 3.05) is 6.54 Å². The van der Waals surface area contributed by atoms with Crippen LogP contribution in [0.1, 0.15) is 23.6 Å². The zero-order valence-corrected chi connectivity index (χ0v) is 12.0. The van der Waals surface area contributed by atoms with E-state index in [9.17, 15) is 0 Å². The van der Waals surface area contributed by atoms with Gasteiger partial charge < -0.3 is 5.32 Å². The van der Waals surface area contributed by atoms with Crippen LogP contribution in [0.5, 0.6) is 0 Å². The van der Waals surface area contributed by atoms with E-state index in [1.54, 1.807) is 11.3 Å². The van der Waals surface area contributed by atoms with Crippen molar-refractivity contribution in [3.05, 3.63) is 57.8 Å². The smallest absolute Gasteiger partial charge is 0.0148 e. The summed E-state index contributed by atoms with van der Waals surface area (Å²) in [5.74, 6) is 0. The number of thiophene rings is 1. The second kappa shape index (κ2) is 6.72. The lowest BCUT2D eigenvalue weighted by Crippen LogP contribution is -2.33. The fourth-order valence-electron chi connectivity index (χ4n) is 2.30. The van der Waals surface area contributed by atoms with Gasteiger partial charge >= 0.3 is 0 Å². The highest BCUT2D eigenvalue weighted by molar-refractivity contribution is 7.07. The van der Waals surface area contributed by atoms with E-state index in [2.05, 4.69) is 60.3 Å². The molecule has 0 fully saturated rings. The molecule has 1 heterocycles. The molecule has 2 rings (SSSR count). The van der Waals surface area contributed by atoms with Gasteiger partial charge in [-0.2, -0.15) is 11.3 Å². The molecular formula is C16H21NS. The number of likely N-dealkylation sites (N-methyl/N-ethyl adjacent to an activating group) is 1. The normalized spacial score (nSPS) is 12.6. The van der Waals surface area contributed by atoms with Crippen molar-refractivity contribution in [3.63, 3.8) is 0 Å². The Bertz CT molecular complexity index is 462. The van der Waals surface area contributed by atoms with Crippen LogP contribution in [0, 0.1) is 6.92 Å². The highest BCUT2D eigenvalue weighted by Crippen LogP contribution is 2.14. The fourth-order valence-corrected chi connectivity index (χ4v) is 2.98. The first-order valence-electron chi connectivity index (χ1n) is 6.58. The van der Waals surface area contributed by atoms with E-state index in [1.165, 1.54) is 16.7 Å². The zero-order chi connectivity index (χ0) is 12.8.